The van der Waals surface area contributed by atoms with Gasteiger partial charge in [-0.1, -0.05) is 6.07 Å². The van der Waals surface area contributed by atoms with Gasteiger partial charge in [-0.25, -0.2) is 16.8 Å². The zero-order chi connectivity index (χ0) is 12.8. The highest BCUT2D eigenvalue weighted by molar-refractivity contribution is 7.93. The number of anilines is 1. The van der Waals surface area contributed by atoms with Crippen molar-refractivity contribution in [3.05, 3.63) is 18.2 Å². The highest BCUT2D eigenvalue weighted by Gasteiger charge is 2.32. The van der Waals surface area contributed by atoms with Crippen molar-refractivity contribution < 1.29 is 21.6 Å². The van der Waals surface area contributed by atoms with Crippen molar-refractivity contribution in [2.45, 2.75) is 9.79 Å². The number of benzene rings is 1. The molecule has 0 atom stereocenters. The number of para-hydroxylation sites is 1. The number of hydrogen-bond acceptors (Lipinski definition) is 5. The lowest BCUT2D eigenvalue weighted by atomic mass is 10.3. The van der Waals surface area contributed by atoms with Crippen LogP contribution in [-0.2, 0) is 24.5 Å². The zero-order valence-electron chi connectivity index (χ0n) is 8.80. The number of rotatable bonds is 1. The van der Waals surface area contributed by atoms with Gasteiger partial charge in [-0.05, 0) is 12.1 Å². The first-order chi connectivity index (χ1) is 7.72. The standard InChI is InChI=1S/C9H9NO5S2/c1-16(12,13)6-3-2-4-7-9(6)10-8(11)5-17(7,14)15/h2-4H,5H2,1H3,(H,10,11). The molecular weight excluding hydrogens is 266 g/mol. The van der Waals surface area contributed by atoms with Crippen LogP contribution in [0.1, 0.15) is 0 Å². The average Bonchev–Trinajstić information content (AvgIpc) is 2.13. The van der Waals surface area contributed by atoms with E-state index in [1.165, 1.54) is 18.2 Å². The summed E-state index contributed by atoms with van der Waals surface area (Å²) in [6.07, 6.45) is 0.954. The summed E-state index contributed by atoms with van der Waals surface area (Å²) in [5, 5.41) is 2.29. The van der Waals surface area contributed by atoms with Crippen molar-refractivity contribution in [2.24, 2.45) is 0 Å². The molecule has 0 spiro atoms. The van der Waals surface area contributed by atoms with Gasteiger partial charge in [0.2, 0.25) is 5.91 Å². The molecule has 2 rings (SSSR count). The van der Waals surface area contributed by atoms with Crippen molar-refractivity contribution in [2.75, 3.05) is 17.3 Å². The van der Waals surface area contributed by atoms with Gasteiger partial charge in [0.1, 0.15) is 5.75 Å². The molecule has 0 aliphatic carbocycles. The normalized spacial score (nSPS) is 18.3. The molecule has 0 fully saturated rings. The second kappa shape index (κ2) is 3.54. The number of hydrogen-bond donors (Lipinski definition) is 1. The first-order valence-corrected chi connectivity index (χ1v) is 8.12. The number of carbonyl (C=O) groups excluding carboxylic acids is 1. The van der Waals surface area contributed by atoms with E-state index in [1.54, 1.807) is 0 Å². The summed E-state index contributed by atoms with van der Waals surface area (Å²) in [5.41, 5.74) is -0.147. The third-order valence-electron chi connectivity index (χ3n) is 2.31. The van der Waals surface area contributed by atoms with Gasteiger partial charge < -0.3 is 5.32 Å². The summed E-state index contributed by atoms with van der Waals surface area (Å²) in [7, 11) is -7.35. The van der Waals surface area contributed by atoms with Gasteiger partial charge in [0, 0.05) is 6.26 Å². The summed E-state index contributed by atoms with van der Waals surface area (Å²) >= 11 is 0. The minimum Gasteiger partial charge on any atom is -0.323 e. The number of fused-ring (bicyclic) bond motifs is 1. The van der Waals surface area contributed by atoms with E-state index in [4.69, 9.17) is 0 Å². The second-order valence-corrected chi connectivity index (χ2v) is 7.65. The summed E-state index contributed by atoms with van der Waals surface area (Å²) in [6.45, 7) is 0. The van der Waals surface area contributed by atoms with Crippen molar-refractivity contribution in [1.82, 2.24) is 0 Å². The van der Waals surface area contributed by atoms with Crippen LogP contribution < -0.4 is 5.32 Å². The lowest BCUT2D eigenvalue weighted by Crippen LogP contribution is -2.30. The van der Waals surface area contributed by atoms with Crippen molar-refractivity contribution in [3.63, 3.8) is 0 Å². The Morgan fingerprint density at radius 1 is 1.29 bits per heavy atom. The quantitative estimate of drug-likeness (QED) is 0.766. The Kier molecular flexibility index (Phi) is 2.51. The third-order valence-corrected chi connectivity index (χ3v) is 5.10. The van der Waals surface area contributed by atoms with Gasteiger partial charge in [-0.15, -0.1) is 0 Å². The van der Waals surface area contributed by atoms with Crippen LogP contribution >= 0.6 is 0 Å². The topological polar surface area (TPSA) is 97.4 Å². The number of sulfone groups is 2. The third kappa shape index (κ3) is 2.05. The van der Waals surface area contributed by atoms with Gasteiger partial charge in [-0.2, -0.15) is 0 Å². The average molecular weight is 275 g/mol. The highest BCUT2D eigenvalue weighted by Crippen LogP contribution is 2.32. The van der Waals surface area contributed by atoms with E-state index in [0.29, 0.717) is 0 Å². The van der Waals surface area contributed by atoms with Crippen molar-refractivity contribution in [1.29, 1.82) is 0 Å². The maximum atomic E-state index is 11.7. The zero-order valence-corrected chi connectivity index (χ0v) is 10.4. The summed E-state index contributed by atoms with van der Waals surface area (Å²) in [4.78, 5) is 10.9. The number of carbonyl (C=O) groups is 1. The summed E-state index contributed by atoms with van der Waals surface area (Å²) in [5.74, 6) is -1.39. The maximum absolute atomic E-state index is 11.7. The molecule has 0 saturated heterocycles. The Morgan fingerprint density at radius 3 is 2.53 bits per heavy atom. The fraction of sp³-hybridized carbons (Fsp3) is 0.222. The Balaban J connectivity index is 2.85. The minimum atomic E-state index is -3.75. The smallest absolute Gasteiger partial charge is 0.240 e. The van der Waals surface area contributed by atoms with Crippen LogP contribution in [0.15, 0.2) is 28.0 Å². The fourth-order valence-corrected chi connectivity index (χ4v) is 3.88. The van der Waals surface area contributed by atoms with E-state index < -0.39 is 31.3 Å². The molecule has 92 valence electrons. The number of nitrogens with one attached hydrogen (secondary N) is 1. The number of amides is 1. The summed E-state index contributed by atoms with van der Waals surface area (Å²) < 4.78 is 46.4. The molecule has 0 unspecified atom stereocenters. The van der Waals surface area contributed by atoms with Crippen LogP contribution in [-0.4, -0.2) is 34.8 Å². The van der Waals surface area contributed by atoms with Gasteiger partial charge in [-0.3, -0.25) is 4.79 Å². The molecule has 0 bridgehead atoms. The molecule has 8 heteroatoms. The van der Waals surface area contributed by atoms with Crippen LogP contribution in [0.4, 0.5) is 5.69 Å². The maximum Gasteiger partial charge on any atom is 0.240 e. The lowest BCUT2D eigenvalue weighted by molar-refractivity contribution is -0.114. The SMILES string of the molecule is CS(=O)(=O)c1cccc2c1NC(=O)CS2(=O)=O. The largest absolute Gasteiger partial charge is 0.323 e. The molecule has 0 saturated carbocycles. The Labute approximate surface area is 98.5 Å². The van der Waals surface area contributed by atoms with Crippen molar-refractivity contribution in [3.8, 4) is 0 Å². The van der Waals surface area contributed by atoms with E-state index in [1.807, 2.05) is 0 Å². The van der Waals surface area contributed by atoms with Gasteiger partial charge in [0.15, 0.2) is 19.7 Å². The molecule has 1 amide bonds. The molecule has 0 radical (unpaired) electrons. The molecule has 1 aliphatic heterocycles. The van der Waals surface area contributed by atoms with Crippen LogP contribution in [0.5, 0.6) is 0 Å². The van der Waals surface area contributed by atoms with Crippen LogP contribution in [0, 0.1) is 0 Å². The predicted octanol–water partition coefficient (Wildman–Crippen LogP) is -0.184. The molecular formula is C9H9NO5S2. The van der Waals surface area contributed by atoms with E-state index >= 15 is 0 Å². The van der Waals surface area contributed by atoms with Crippen LogP contribution in [0.25, 0.3) is 0 Å². The van der Waals surface area contributed by atoms with Gasteiger partial charge >= 0.3 is 0 Å². The van der Waals surface area contributed by atoms with E-state index in [0.717, 1.165) is 6.26 Å². The van der Waals surface area contributed by atoms with Crippen molar-refractivity contribution >= 4 is 31.3 Å². The predicted molar refractivity (Wildman–Crippen MR) is 60.2 cm³/mol. The molecule has 6 nitrogen and oxygen atoms in total. The molecule has 1 N–H and O–H groups in total. The van der Waals surface area contributed by atoms with E-state index in [2.05, 4.69) is 5.32 Å². The van der Waals surface area contributed by atoms with E-state index in [9.17, 15) is 21.6 Å². The van der Waals surface area contributed by atoms with Gasteiger partial charge in [0.25, 0.3) is 0 Å². The Bertz CT molecular complexity index is 689. The Morgan fingerprint density at radius 2 is 1.94 bits per heavy atom. The fourth-order valence-electron chi connectivity index (χ4n) is 1.63. The first-order valence-electron chi connectivity index (χ1n) is 4.57. The van der Waals surface area contributed by atoms with Crippen LogP contribution in [0.3, 0.4) is 0 Å². The lowest BCUT2D eigenvalue weighted by Gasteiger charge is -2.19. The highest BCUT2D eigenvalue weighted by atomic mass is 32.2. The van der Waals surface area contributed by atoms with Crippen LogP contribution in [0.2, 0.25) is 0 Å². The molecule has 1 aromatic carbocycles. The first kappa shape index (κ1) is 12.1. The molecule has 1 heterocycles. The second-order valence-electron chi connectivity index (χ2n) is 3.71. The summed E-state index contributed by atoms with van der Waals surface area (Å²) in [6, 6.07) is 3.87. The van der Waals surface area contributed by atoms with Gasteiger partial charge in [0.05, 0.1) is 15.5 Å². The molecule has 1 aromatic rings. The minimum absolute atomic E-state index is 0.147. The molecule has 0 aromatic heterocycles. The molecule has 17 heavy (non-hydrogen) atoms. The van der Waals surface area contributed by atoms with E-state index in [-0.39, 0.29) is 15.5 Å². The molecule has 1 aliphatic rings. The Hall–Kier alpha value is -1.41. The monoisotopic (exact) mass is 275 g/mol.